The van der Waals surface area contributed by atoms with E-state index in [0.717, 1.165) is 4.68 Å². The number of benzene rings is 1. The fraction of sp³-hybridized carbons (Fsp3) is 0.0909. The van der Waals surface area contributed by atoms with Crippen molar-refractivity contribution in [1.82, 2.24) is 9.78 Å². The van der Waals surface area contributed by atoms with Crippen LogP contribution in [0.1, 0.15) is 5.69 Å². The van der Waals surface area contributed by atoms with Crippen LogP contribution in [-0.4, -0.2) is 15.8 Å². The van der Waals surface area contributed by atoms with E-state index in [1.165, 1.54) is 6.07 Å². The number of rotatable bonds is 1. The number of halogens is 1. The highest BCUT2D eigenvalue weighted by Gasteiger charge is 2.08. The van der Waals surface area contributed by atoms with Gasteiger partial charge >= 0.3 is 6.03 Å². The Kier molecular flexibility index (Phi) is 3.01. The summed E-state index contributed by atoms with van der Waals surface area (Å²) in [7, 11) is 0. The molecule has 0 aliphatic rings. The third-order valence-corrected chi connectivity index (χ3v) is 2.40. The van der Waals surface area contributed by atoms with Crippen molar-refractivity contribution < 1.29 is 4.79 Å². The first-order valence-corrected chi connectivity index (χ1v) is 5.29. The minimum atomic E-state index is -0.537. The molecule has 2 aromatic rings. The standard InChI is InChI=1S/C11H10ClN3O2/c1-7-6-10(16)15(14-7)11(17)13-9-4-2-8(12)3-5-9/h2-6,14H,1H3,(H,13,17). The van der Waals surface area contributed by atoms with E-state index in [1.807, 2.05) is 0 Å². The van der Waals surface area contributed by atoms with Gasteiger partial charge in [-0.15, -0.1) is 0 Å². The Morgan fingerprint density at radius 1 is 1.35 bits per heavy atom. The Labute approximate surface area is 102 Å². The quantitative estimate of drug-likeness (QED) is 0.816. The second-order valence-electron chi connectivity index (χ2n) is 3.55. The van der Waals surface area contributed by atoms with Gasteiger partial charge in [0.2, 0.25) is 0 Å². The number of hydrogen-bond acceptors (Lipinski definition) is 2. The predicted octanol–water partition coefficient (Wildman–Crippen LogP) is 2.22. The van der Waals surface area contributed by atoms with E-state index in [2.05, 4.69) is 10.4 Å². The normalized spacial score (nSPS) is 10.2. The summed E-state index contributed by atoms with van der Waals surface area (Å²) in [6, 6.07) is 7.43. The number of H-pyrrole nitrogens is 1. The number of aromatic amines is 1. The molecular weight excluding hydrogens is 242 g/mol. The third-order valence-electron chi connectivity index (χ3n) is 2.15. The van der Waals surface area contributed by atoms with Crippen LogP contribution in [0.25, 0.3) is 0 Å². The predicted molar refractivity (Wildman–Crippen MR) is 65.7 cm³/mol. The van der Waals surface area contributed by atoms with E-state index in [1.54, 1.807) is 31.2 Å². The molecule has 0 saturated carbocycles. The van der Waals surface area contributed by atoms with Gasteiger partial charge in [0.05, 0.1) is 0 Å². The summed E-state index contributed by atoms with van der Waals surface area (Å²) in [6.45, 7) is 1.70. The van der Waals surface area contributed by atoms with Crippen molar-refractivity contribution in [3.05, 3.63) is 51.4 Å². The van der Waals surface area contributed by atoms with Gasteiger partial charge in [-0.1, -0.05) is 11.6 Å². The smallest absolute Gasteiger partial charge is 0.306 e. The van der Waals surface area contributed by atoms with Crippen LogP contribution >= 0.6 is 11.6 Å². The first-order chi connectivity index (χ1) is 8.06. The molecule has 5 nitrogen and oxygen atoms in total. The number of hydrogen-bond donors (Lipinski definition) is 2. The Morgan fingerprint density at radius 3 is 2.53 bits per heavy atom. The molecule has 1 aromatic carbocycles. The van der Waals surface area contributed by atoms with Crippen LogP contribution in [0.4, 0.5) is 10.5 Å². The zero-order valence-corrected chi connectivity index (χ0v) is 9.78. The van der Waals surface area contributed by atoms with Crippen molar-refractivity contribution in [3.63, 3.8) is 0 Å². The molecule has 0 fully saturated rings. The number of nitrogens with zero attached hydrogens (tertiary/aromatic N) is 1. The third kappa shape index (κ3) is 2.57. The lowest BCUT2D eigenvalue weighted by Gasteiger charge is -2.04. The molecule has 0 radical (unpaired) electrons. The summed E-state index contributed by atoms with van der Waals surface area (Å²) in [5.74, 6) is 0. The number of anilines is 1. The average Bonchev–Trinajstić information content (AvgIpc) is 2.61. The molecule has 0 bridgehead atoms. The maximum Gasteiger partial charge on any atom is 0.348 e. The molecule has 0 spiro atoms. The molecular formula is C11H10ClN3O2. The first kappa shape index (κ1) is 11.5. The van der Waals surface area contributed by atoms with Crippen LogP contribution < -0.4 is 10.9 Å². The summed E-state index contributed by atoms with van der Waals surface area (Å²) in [6.07, 6.45) is 0. The van der Waals surface area contributed by atoms with Crippen LogP contribution in [0, 0.1) is 6.92 Å². The van der Waals surface area contributed by atoms with Crippen LogP contribution in [0.5, 0.6) is 0 Å². The highest BCUT2D eigenvalue weighted by atomic mass is 35.5. The lowest BCUT2D eigenvalue weighted by Crippen LogP contribution is -2.29. The van der Waals surface area contributed by atoms with Gasteiger partial charge in [-0.05, 0) is 31.2 Å². The fourth-order valence-electron chi connectivity index (χ4n) is 1.38. The average molecular weight is 252 g/mol. The van der Waals surface area contributed by atoms with E-state index >= 15 is 0 Å². The SMILES string of the molecule is Cc1cc(=O)n(C(=O)Nc2ccc(Cl)cc2)[nH]1. The molecule has 1 heterocycles. The van der Waals surface area contributed by atoms with Gasteiger partial charge in [0, 0.05) is 22.5 Å². The number of aromatic nitrogens is 2. The molecule has 17 heavy (non-hydrogen) atoms. The van der Waals surface area contributed by atoms with Crippen molar-refractivity contribution in [1.29, 1.82) is 0 Å². The molecule has 0 saturated heterocycles. The van der Waals surface area contributed by atoms with Gasteiger partial charge in [-0.3, -0.25) is 9.89 Å². The zero-order chi connectivity index (χ0) is 12.4. The molecule has 0 aliphatic heterocycles. The molecule has 2 N–H and O–H groups in total. The van der Waals surface area contributed by atoms with Crippen molar-refractivity contribution in [2.45, 2.75) is 6.92 Å². The molecule has 2 rings (SSSR count). The Balaban J connectivity index is 2.20. The van der Waals surface area contributed by atoms with Crippen LogP contribution in [0.15, 0.2) is 35.1 Å². The number of aryl methyl sites for hydroxylation is 1. The number of carbonyl (C=O) groups excluding carboxylic acids is 1. The topological polar surface area (TPSA) is 66.9 Å². The van der Waals surface area contributed by atoms with Crippen molar-refractivity contribution >= 4 is 23.3 Å². The van der Waals surface area contributed by atoms with Crippen LogP contribution in [0.3, 0.4) is 0 Å². The summed E-state index contributed by atoms with van der Waals surface area (Å²) in [5.41, 5.74) is 0.800. The van der Waals surface area contributed by atoms with Gasteiger partial charge in [0.1, 0.15) is 0 Å². The van der Waals surface area contributed by atoms with E-state index in [4.69, 9.17) is 11.6 Å². The van der Waals surface area contributed by atoms with E-state index in [0.29, 0.717) is 16.4 Å². The Morgan fingerprint density at radius 2 is 2.00 bits per heavy atom. The van der Waals surface area contributed by atoms with Crippen molar-refractivity contribution in [3.8, 4) is 0 Å². The first-order valence-electron chi connectivity index (χ1n) is 4.92. The van der Waals surface area contributed by atoms with E-state index in [9.17, 15) is 9.59 Å². The molecule has 0 unspecified atom stereocenters. The Hall–Kier alpha value is -2.01. The maximum absolute atomic E-state index is 11.7. The minimum Gasteiger partial charge on any atom is -0.306 e. The number of amides is 1. The molecule has 1 amide bonds. The largest absolute Gasteiger partial charge is 0.348 e. The van der Waals surface area contributed by atoms with Crippen molar-refractivity contribution in [2.75, 3.05) is 5.32 Å². The maximum atomic E-state index is 11.7. The van der Waals surface area contributed by atoms with Crippen LogP contribution in [0.2, 0.25) is 5.02 Å². The van der Waals surface area contributed by atoms with Crippen molar-refractivity contribution in [2.24, 2.45) is 0 Å². The minimum absolute atomic E-state index is 0.394. The number of nitrogens with one attached hydrogen (secondary N) is 2. The molecule has 1 aromatic heterocycles. The van der Waals surface area contributed by atoms with Gasteiger partial charge in [0.25, 0.3) is 5.56 Å². The second kappa shape index (κ2) is 4.47. The molecule has 0 atom stereocenters. The van der Waals surface area contributed by atoms with Crippen LogP contribution in [-0.2, 0) is 0 Å². The monoisotopic (exact) mass is 251 g/mol. The number of carbonyl (C=O) groups is 1. The van der Waals surface area contributed by atoms with Gasteiger partial charge in [0.15, 0.2) is 0 Å². The summed E-state index contributed by atoms with van der Waals surface area (Å²) < 4.78 is 0.907. The lowest BCUT2D eigenvalue weighted by molar-refractivity contribution is 0.250. The van der Waals surface area contributed by atoms with Gasteiger partial charge in [-0.25, -0.2) is 4.79 Å². The van der Waals surface area contributed by atoms with Gasteiger partial charge < -0.3 is 5.32 Å². The summed E-state index contributed by atoms with van der Waals surface area (Å²) in [4.78, 5) is 23.1. The lowest BCUT2D eigenvalue weighted by atomic mass is 10.3. The molecule has 0 aliphatic carbocycles. The fourth-order valence-corrected chi connectivity index (χ4v) is 1.50. The second-order valence-corrected chi connectivity index (χ2v) is 3.99. The zero-order valence-electron chi connectivity index (χ0n) is 9.03. The summed E-state index contributed by atoms with van der Waals surface area (Å²) >= 11 is 5.72. The highest BCUT2D eigenvalue weighted by molar-refractivity contribution is 6.30. The Bertz CT molecular complexity index is 598. The van der Waals surface area contributed by atoms with E-state index < -0.39 is 11.6 Å². The van der Waals surface area contributed by atoms with E-state index in [-0.39, 0.29) is 0 Å². The molecule has 88 valence electrons. The molecule has 6 heteroatoms. The van der Waals surface area contributed by atoms with Gasteiger partial charge in [-0.2, -0.15) is 4.68 Å². The summed E-state index contributed by atoms with van der Waals surface area (Å²) in [5, 5.41) is 5.80. The highest BCUT2D eigenvalue weighted by Crippen LogP contribution is 2.13.